The molecule has 1 heterocycles. The molecule has 5 rings (SSSR count). The van der Waals surface area contributed by atoms with Crippen LogP contribution in [0.4, 0.5) is 18.9 Å². The fourth-order valence-corrected chi connectivity index (χ4v) is 4.71. The van der Waals surface area contributed by atoms with E-state index in [1.807, 2.05) is 0 Å². The van der Waals surface area contributed by atoms with Gasteiger partial charge in [-0.3, -0.25) is 14.9 Å². The number of aromatic amines is 1. The Labute approximate surface area is 249 Å². The maximum absolute atomic E-state index is 13.8. The summed E-state index contributed by atoms with van der Waals surface area (Å²) in [5, 5.41) is 15.0. The number of carbonyl (C=O) groups excluding carboxylic acids is 2. The molecule has 0 atom stereocenters. The van der Waals surface area contributed by atoms with Gasteiger partial charge in [-0.2, -0.15) is 18.3 Å². The molecule has 0 aliphatic heterocycles. The molecule has 43 heavy (non-hydrogen) atoms. The van der Waals surface area contributed by atoms with Gasteiger partial charge in [0.25, 0.3) is 11.6 Å². The number of carbonyl (C=O) groups is 2. The first kappa shape index (κ1) is 29.2. The van der Waals surface area contributed by atoms with Gasteiger partial charge in [-0.05, 0) is 42.0 Å². The Hall–Kier alpha value is -5.30. The van der Waals surface area contributed by atoms with E-state index in [2.05, 4.69) is 31.4 Å². The number of hydrazone groups is 1. The number of hydrogen-bond acceptors (Lipinski definition) is 6. The highest BCUT2D eigenvalue weighted by atomic mass is 79.9. The van der Waals surface area contributed by atoms with Crippen LogP contribution < -0.4 is 10.2 Å². The van der Waals surface area contributed by atoms with Crippen LogP contribution in [0, 0.1) is 10.1 Å². The minimum absolute atomic E-state index is 0.0648. The third-order valence-electron chi connectivity index (χ3n) is 6.29. The molecular formula is C30H18BrF3N4O5. The SMILES string of the molecule is O=C(Oc1ccc(Br)cc1C=NNC(=O)c1[nH]c2c(C(F)(F)F)cccc2c1-c1ccccc1)c1ccc([N+](=O)[O-])cc1. The first-order chi connectivity index (χ1) is 20.5. The largest absolute Gasteiger partial charge is 0.422 e. The molecule has 0 saturated heterocycles. The molecule has 0 unspecified atom stereocenters. The zero-order valence-corrected chi connectivity index (χ0v) is 23.3. The number of nitrogens with one attached hydrogen (secondary N) is 2. The van der Waals surface area contributed by atoms with E-state index < -0.39 is 28.5 Å². The van der Waals surface area contributed by atoms with E-state index >= 15 is 0 Å². The van der Waals surface area contributed by atoms with Crippen LogP contribution in [-0.2, 0) is 6.18 Å². The number of alkyl halides is 3. The van der Waals surface area contributed by atoms with Crippen molar-refractivity contribution in [1.82, 2.24) is 10.4 Å². The summed E-state index contributed by atoms with van der Waals surface area (Å²) in [5.41, 5.74) is 1.97. The molecule has 1 aromatic heterocycles. The zero-order valence-electron chi connectivity index (χ0n) is 21.7. The number of hydrogen-bond donors (Lipinski definition) is 2. The molecule has 216 valence electrons. The number of fused-ring (bicyclic) bond motifs is 1. The molecule has 0 aliphatic carbocycles. The van der Waals surface area contributed by atoms with E-state index in [4.69, 9.17) is 4.74 Å². The number of nitrogens with zero attached hydrogens (tertiary/aromatic N) is 2. The average Bonchev–Trinajstić information content (AvgIpc) is 3.38. The number of nitro groups is 1. The van der Waals surface area contributed by atoms with Crippen LogP contribution in [0.5, 0.6) is 5.75 Å². The third-order valence-corrected chi connectivity index (χ3v) is 6.78. The smallest absolute Gasteiger partial charge is 0.418 e. The molecule has 0 fully saturated rings. The number of esters is 1. The number of para-hydroxylation sites is 1. The molecule has 0 spiro atoms. The summed E-state index contributed by atoms with van der Waals surface area (Å²) in [6, 6.07) is 21.7. The zero-order chi connectivity index (χ0) is 30.7. The Kier molecular flexibility index (Phi) is 8.08. The van der Waals surface area contributed by atoms with Crippen LogP contribution in [0.1, 0.15) is 32.0 Å². The Balaban J connectivity index is 1.43. The van der Waals surface area contributed by atoms with Gasteiger partial charge in [0.05, 0.1) is 27.8 Å². The molecule has 5 aromatic rings. The van der Waals surface area contributed by atoms with Crippen molar-refractivity contribution in [2.45, 2.75) is 6.18 Å². The number of non-ortho nitro benzene ring substituents is 1. The second-order valence-electron chi connectivity index (χ2n) is 9.04. The van der Waals surface area contributed by atoms with E-state index in [1.54, 1.807) is 42.5 Å². The molecule has 1 amide bonds. The monoisotopic (exact) mass is 650 g/mol. The van der Waals surface area contributed by atoms with Crippen molar-refractivity contribution in [2.75, 3.05) is 0 Å². The van der Waals surface area contributed by atoms with Crippen molar-refractivity contribution in [3.8, 4) is 16.9 Å². The molecule has 13 heteroatoms. The summed E-state index contributed by atoms with van der Waals surface area (Å²) in [6.45, 7) is 0. The Morgan fingerprint density at radius 1 is 0.977 bits per heavy atom. The molecule has 0 bridgehead atoms. The molecule has 0 saturated carbocycles. The van der Waals surface area contributed by atoms with E-state index in [0.717, 1.165) is 6.07 Å². The predicted octanol–water partition coefficient (Wildman–Crippen LogP) is 7.51. The minimum Gasteiger partial charge on any atom is -0.422 e. The second kappa shape index (κ2) is 11.9. The van der Waals surface area contributed by atoms with Crippen molar-refractivity contribution in [2.24, 2.45) is 5.10 Å². The highest BCUT2D eigenvalue weighted by Gasteiger charge is 2.34. The average molecular weight is 651 g/mol. The molecule has 4 aromatic carbocycles. The maximum Gasteiger partial charge on any atom is 0.418 e. The topological polar surface area (TPSA) is 127 Å². The lowest BCUT2D eigenvalue weighted by Crippen LogP contribution is -2.19. The highest BCUT2D eigenvalue weighted by Crippen LogP contribution is 2.39. The Bertz CT molecular complexity index is 1890. The van der Waals surface area contributed by atoms with E-state index in [-0.39, 0.29) is 44.7 Å². The summed E-state index contributed by atoms with van der Waals surface area (Å²) in [7, 11) is 0. The lowest BCUT2D eigenvalue weighted by atomic mass is 10.0. The van der Waals surface area contributed by atoms with Gasteiger partial charge >= 0.3 is 12.1 Å². The molecule has 0 radical (unpaired) electrons. The number of amides is 1. The minimum atomic E-state index is -4.66. The van der Waals surface area contributed by atoms with Crippen LogP contribution in [0.25, 0.3) is 22.0 Å². The van der Waals surface area contributed by atoms with Crippen molar-refractivity contribution >= 4 is 50.6 Å². The van der Waals surface area contributed by atoms with E-state index in [0.29, 0.717) is 10.0 Å². The Morgan fingerprint density at radius 3 is 2.37 bits per heavy atom. The number of aromatic nitrogens is 1. The van der Waals surface area contributed by atoms with Gasteiger partial charge < -0.3 is 9.72 Å². The number of ether oxygens (including phenoxy) is 1. The third kappa shape index (κ3) is 6.31. The van der Waals surface area contributed by atoms with Gasteiger partial charge in [0.15, 0.2) is 0 Å². The summed E-state index contributed by atoms with van der Waals surface area (Å²) >= 11 is 3.31. The maximum atomic E-state index is 13.8. The second-order valence-corrected chi connectivity index (χ2v) is 9.96. The number of rotatable bonds is 7. The quantitative estimate of drug-likeness (QED) is 0.0620. The van der Waals surface area contributed by atoms with Crippen LogP contribution >= 0.6 is 15.9 Å². The van der Waals surface area contributed by atoms with E-state index in [9.17, 15) is 32.9 Å². The predicted molar refractivity (Wildman–Crippen MR) is 156 cm³/mol. The van der Waals surface area contributed by atoms with Gasteiger partial charge in [-0.15, -0.1) is 0 Å². The highest BCUT2D eigenvalue weighted by molar-refractivity contribution is 9.10. The first-order valence-electron chi connectivity index (χ1n) is 12.4. The van der Waals surface area contributed by atoms with Crippen LogP contribution in [0.15, 0.2) is 101 Å². The fraction of sp³-hybridized carbons (Fsp3) is 0.0333. The number of halogens is 4. The molecule has 2 N–H and O–H groups in total. The summed E-state index contributed by atoms with van der Waals surface area (Å²) in [6.07, 6.45) is -3.46. The number of nitro benzene ring substituents is 1. The summed E-state index contributed by atoms with van der Waals surface area (Å²) in [5.74, 6) is -1.53. The van der Waals surface area contributed by atoms with Gasteiger partial charge in [0.1, 0.15) is 11.4 Å². The van der Waals surface area contributed by atoms with Gasteiger partial charge in [0, 0.05) is 33.1 Å². The van der Waals surface area contributed by atoms with Crippen molar-refractivity contribution in [1.29, 1.82) is 0 Å². The molecular weight excluding hydrogens is 633 g/mol. The van der Waals surface area contributed by atoms with Crippen molar-refractivity contribution in [3.63, 3.8) is 0 Å². The molecule has 0 aliphatic rings. The van der Waals surface area contributed by atoms with Gasteiger partial charge in [-0.1, -0.05) is 58.4 Å². The lowest BCUT2D eigenvalue weighted by molar-refractivity contribution is -0.384. The first-order valence-corrected chi connectivity index (χ1v) is 13.2. The number of benzene rings is 4. The van der Waals surface area contributed by atoms with Crippen molar-refractivity contribution in [3.05, 3.63) is 128 Å². The standard InChI is InChI=1S/C30H18BrF3N4O5/c31-20-11-14-24(43-29(40)18-9-12-21(13-10-18)38(41)42)19(15-20)16-35-37-28(39)27-25(17-5-2-1-3-6-17)22-7-4-8-23(26(22)36-27)30(32,33)34/h1-16,36H,(H,37,39). The van der Waals surface area contributed by atoms with Crippen LogP contribution in [0.3, 0.4) is 0 Å². The van der Waals surface area contributed by atoms with Gasteiger partial charge in [-0.25, -0.2) is 10.2 Å². The lowest BCUT2D eigenvalue weighted by Gasteiger charge is -2.08. The van der Waals surface area contributed by atoms with Gasteiger partial charge in [0.2, 0.25) is 0 Å². The van der Waals surface area contributed by atoms with E-state index in [1.165, 1.54) is 48.7 Å². The van der Waals surface area contributed by atoms with Crippen LogP contribution in [0.2, 0.25) is 0 Å². The molecule has 9 nitrogen and oxygen atoms in total. The van der Waals surface area contributed by atoms with Crippen LogP contribution in [-0.4, -0.2) is 28.0 Å². The summed E-state index contributed by atoms with van der Waals surface area (Å²) < 4.78 is 47.3. The Morgan fingerprint density at radius 2 is 1.70 bits per heavy atom. The summed E-state index contributed by atoms with van der Waals surface area (Å²) in [4.78, 5) is 38.8. The normalized spacial score (nSPS) is 11.5. The fourth-order valence-electron chi connectivity index (χ4n) is 4.34. The number of H-pyrrole nitrogens is 1. The van der Waals surface area contributed by atoms with Crippen molar-refractivity contribution < 1.29 is 32.4 Å².